The first-order valence-corrected chi connectivity index (χ1v) is 6.08. The van der Waals surface area contributed by atoms with E-state index in [2.05, 4.69) is 20.4 Å². The number of nitrogen functional groups attached to an aromatic ring is 1. The number of rotatable bonds is 2. The number of benzene rings is 1. The molecule has 0 spiro atoms. The average Bonchev–Trinajstić information content (AvgIpc) is 2.81. The standard InChI is InChI=1S/C11H8Cl2N6/c12-6-2-1-3-7(4-6)19-5-15-8-9(18-14)16-11(13)17-10(8)19/h1-5H,14H2,(H,16,17,18). The van der Waals surface area contributed by atoms with Crippen molar-refractivity contribution in [2.24, 2.45) is 5.84 Å². The van der Waals surface area contributed by atoms with E-state index >= 15 is 0 Å². The minimum Gasteiger partial charge on any atom is -0.306 e. The maximum absolute atomic E-state index is 5.98. The molecule has 3 N–H and O–H groups in total. The fourth-order valence-electron chi connectivity index (χ4n) is 1.79. The van der Waals surface area contributed by atoms with Gasteiger partial charge in [0.2, 0.25) is 5.28 Å². The molecular weight excluding hydrogens is 287 g/mol. The van der Waals surface area contributed by atoms with Crippen LogP contribution in [0.5, 0.6) is 0 Å². The van der Waals surface area contributed by atoms with E-state index < -0.39 is 0 Å². The average molecular weight is 295 g/mol. The molecule has 2 heterocycles. The maximum atomic E-state index is 5.98. The molecule has 1 aromatic carbocycles. The molecule has 0 radical (unpaired) electrons. The van der Waals surface area contributed by atoms with Crippen LogP contribution < -0.4 is 11.3 Å². The first-order valence-electron chi connectivity index (χ1n) is 5.32. The molecule has 8 heteroatoms. The van der Waals surface area contributed by atoms with Gasteiger partial charge in [-0.1, -0.05) is 17.7 Å². The van der Waals surface area contributed by atoms with Crippen molar-refractivity contribution in [3.05, 3.63) is 40.9 Å². The third kappa shape index (κ3) is 2.10. The summed E-state index contributed by atoms with van der Waals surface area (Å²) in [5.74, 6) is 5.76. The smallest absolute Gasteiger partial charge is 0.226 e. The normalized spacial score (nSPS) is 10.9. The lowest BCUT2D eigenvalue weighted by Gasteiger charge is -2.05. The van der Waals surface area contributed by atoms with Crippen molar-refractivity contribution in [2.75, 3.05) is 5.43 Å². The number of anilines is 1. The molecule has 6 nitrogen and oxygen atoms in total. The second-order valence-corrected chi connectivity index (χ2v) is 4.53. The SMILES string of the molecule is NNc1nc(Cl)nc2c1ncn2-c1cccc(Cl)c1. The minimum atomic E-state index is 0.0872. The molecule has 19 heavy (non-hydrogen) atoms. The highest BCUT2D eigenvalue weighted by Gasteiger charge is 2.12. The Labute approximate surface area is 118 Å². The quantitative estimate of drug-likeness (QED) is 0.431. The molecule has 3 rings (SSSR count). The van der Waals surface area contributed by atoms with E-state index in [9.17, 15) is 0 Å². The summed E-state index contributed by atoms with van der Waals surface area (Å²) in [6.07, 6.45) is 1.61. The Kier molecular flexibility index (Phi) is 2.98. The molecule has 0 amide bonds. The van der Waals surface area contributed by atoms with Crippen LogP contribution in [0.25, 0.3) is 16.9 Å². The van der Waals surface area contributed by atoms with Gasteiger partial charge in [-0.2, -0.15) is 9.97 Å². The molecule has 96 valence electrons. The highest BCUT2D eigenvalue weighted by Crippen LogP contribution is 2.24. The second-order valence-electron chi connectivity index (χ2n) is 3.75. The zero-order valence-corrected chi connectivity index (χ0v) is 11.0. The van der Waals surface area contributed by atoms with E-state index in [4.69, 9.17) is 29.0 Å². The van der Waals surface area contributed by atoms with E-state index in [0.29, 0.717) is 22.0 Å². The van der Waals surface area contributed by atoms with Crippen LogP contribution in [0.15, 0.2) is 30.6 Å². The van der Waals surface area contributed by atoms with E-state index in [1.54, 1.807) is 23.0 Å². The number of nitrogens with zero attached hydrogens (tertiary/aromatic N) is 4. The van der Waals surface area contributed by atoms with Crippen LogP contribution in [0.4, 0.5) is 5.82 Å². The molecule has 0 atom stereocenters. The number of hydrazine groups is 1. The Balaban J connectivity index is 2.28. The molecule has 2 aromatic heterocycles. The predicted molar refractivity (Wildman–Crippen MR) is 74.5 cm³/mol. The van der Waals surface area contributed by atoms with E-state index in [0.717, 1.165) is 5.69 Å². The number of hydrogen-bond donors (Lipinski definition) is 2. The van der Waals surface area contributed by atoms with Crippen molar-refractivity contribution < 1.29 is 0 Å². The van der Waals surface area contributed by atoms with Gasteiger partial charge in [0.25, 0.3) is 0 Å². The summed E-state index contributed by atoms with van der Waals surface area (Å²) in [5.41, 5.74) is 4.36. The summed E-state index contributed by atoms with van der Waals surface area (Å²) in [5, 5.41) is 0.709. The van der Waals surface area contributed by atoms with Gasteiger partial charge in [0.1, 0.15) is 6.33 Å². The highest BCUT2D eigenvalue weighted by atomic mass is 35.5. The van der Waals surface area contributed by atoms with Crippen LogP contribution >= 0.6 is 23.2 Å². The van der Waals surface area contributed by atoms with E-state index in [1.165, 1.54) is 0 Å². The number of nitrogens with two attached hydrogens (primary N) is 1. The van der Waals surface area contributed by atoms with Crippen molar-refractivity contribution in [2.45, 2.75) is 0 Å². The summed E-state index contributed by atoms with van der Waals surface area (Å²) < 4.78 is 1.76. The van der Waals surface area contributed by atoms with Crippen molar-refractivity contribution in [3.63, 3.8) is 0 Å². The van der Waals surface area contributed by atoms with Crippen molar-refractivity contribution in [1.82, 2.24) is 19.5 Å². The zero-order valence-electron chi connectivity index (χ0n) is 9.51. The maximum Gasteiger partial charge on any atom is 0.226 e. The second kappa shape index (κ2) is 4.65. The number of aromatic nitrogens is 4. The van der Waals surface area contributed by atoms with Gasteiger partial charge in [-0.05, 0) is 29.8 Å². The van der Waals surface area contributed by atoms with E-state index in [1.807, 2.05) is 12.1 Å². The number of hydrogen-bond acceptors (Lipinski definition) is 5. The third-order valence-corrected chi connectivity index (χ3v) is 3.00. The largest absolute Gasteiger partial charge is 0.306 e. The molecule has 0 bridgehead atoms. The Hall–Kier alpha value is -1.89. The molecule has 0 fully saturated rings. The fourth-order valence-corrected chi connectivity index (χ4v) is 2.14. The predicted octanol–water partition coefficient (Wildman–Crippen LogP) is 2.41. The van der Waals surface area contributed by atoms with Crippen LogP contribution in [-0.4, -0.2) is 19.5 Å². The van der Waals surface area contributed by atoms with Crippen LogP contribution in [0.3, 0.4) is 0 Å². The van der Waals surface area contributed by atoms with Gasteiger partial charge in [-0.15, -0.1) is 0 Å². The Bertz CT molecular complexity index is 754. The van der Waals surface area contributed by atoms with Crippen LogP contribution in [0.2, 0.25) is 10.3 Å². The van der Waals surface area contributed by atoms with Crippen molar-refractivity contribution in [3.8, 4) is 5.69 Å². The fraction of sp³-hybridized carbons (Fsp3) is 0. The molecular formula is C11H8Cl2N6. The molecule has 0 unspecified atom stereocenters. The van der Waals surface area contributed by atoms with Gasteiger partial charge in [0, 0.05) is 5.02 Å². The topological polar surface area (TPSA) is 81.7 Å². The first-order chi connectivity index (χ1) is 9.19. The Morgan fingerprint density at radius 1 is 1.21 bits per heavy atom. The van der Waals surface area contributed by atoms with Gasteiger partial charge in [-0.3, -0.25) is 4.57 Å². The molecule has 0 aliphatic rings. The number of imidazole rings is 1. The zero-order chi connectivity index (χ0) is 13.4. The van der Waals surface area contributed by atoms with Crippen molar-refractivity contribution >= 4 is 40.2 Å². The summed E-state index contributed by atoms with van der Waals surface area (Å²) in [4.78, 5) is 12.4. The summed E-state index contributed by atoms with van der Waals surface area (Å²) in [7, 11) is 0. The molecule has 0 saturated carbocycles. The van der Waals surface area contributed by atoms with Gasteiger partial charge < -0.3 is 5.43 Å². The summed E-state index contributed by atoms with van der Waals surface area (Å²) >= 11 is 11.8. The molecule has 0 aliphatic heterocycles. The molecule has 3 aromatic rings. The monoisotopic (exact) mass is 294 g/mol. The van der Waals surface area contributed by atoms with Crippen LogP contribution in [0.1, 0.15) is 0 Å². The van der Waals surface area contributed by atoms with Gasteiger partial charge >= 0.3 is 0 Å². The Morgan fingerprint density at radius 2 is 2.05 bits per heavy atom. The number of halogens is 2. The third-order valence-electron chi connectivity index (χ3n) is 2.59. The molecule has 0 aliphatic carbocycles. The van der Waals surface area contributed by atoms with Gasteiger partial charge in [0.05, 0.1) is 5.69 Å². The van der Waals surface area contributed by atoms with E-state index in [-0.39, 0.29) is 5.28 Å². The van der Waals surface area contributed by atoms with Gasteiger partial charge in [-0.25, -0.2) is 10.8 Å². The molecule has 0 saturated heterocycles. The number of nitrogens with one attached hydrogen (secondary N) is 1. The van der Waals surface area contributed by atoms with Crippen molar-refractivity contribution in [1.29, 1.82) is 0 Å². The lowest BCUT2D eigenvalue weighted by molar-refractivity contribution is 1.06. The lowest BCUT2D eigenvalue weighted by Crippen LogP contribution is -2.10. The van der Waals surface area contributed by atoms with Crippen LogP contribution in [-0.2, 0) is 0 Å². The summed E-state index contributed by atoms with van der Waals surface area (Å²) in [6.45, 7) is 0. The minimum absolute atomic E-state index is 0.0872. The number of fused-ring (bicyclic) bond motifs is 1. The summed E-state index contributed by atoms with van der Waals surface area (Å²) in [6, 6.07) is 7.32. The lowest BCUT2D eigenvalue weighted by atomic mass is 10.3. The highest BCUT2D eigenvalue weighted by molar-refractivity contribution is 6.30. The Morgan fingerprint density at radius 3 is 2.79 bits per heavy atom. The first kappa shape index (κ1) is 12.2. The van der Waals surface area contributed by atoms with Crippen LogP contribution in [0, 0.1) is 0 Å². The van der Waals surface area contributed by atoms with Gasteiger partial charge in [0.15, 0.2) is 17.0 Å².